The number of ether oxygens (including phenoxy) is 1. The van der Waals surface area contributed by atoms with Crippen molar-refractivity contribution >= 4 is 5.97 Å². The van der Waals surface area contributed by atoms with E-state index in [0.29, 0.717) is 0 Å². The number of hydrogen-bond donors (Lipinski definition) is 1. The minimum Gasteiger partial charge on any atom is -0.444 e. The molecule has 3 nitrogen and oxygen atoms in total. The molecule has 1 heterocycles. The number of carbonyl (C=O) groups is 1. The van der Waals surface area contributed by atoms with Gasteiger partial charge in [-0.05, 0) is 18.7 Å². The zero-order valence-corrected chi connectivity index (χ0v) is 9.61. The molecule has 1 N–H and O–H groups in total. The van der Waals surface area contributed by atoms with Gasteiger partial charge in [0.15, 0.2) is 0 Å². The predicted molar refractivity (Wildman–Crippen MR) is 65.1 cm³/mol. The molecule has 0 aromatic heterocycles. The SMILES string of the molecule is C#CC(=O)OC1(c2ccccc2)CCNCC1. The highest BCUT2D eigenvalue weighted by Gasteiger charge is 2.37. The number of rotatable bonds is 2. The third kappa shape index (κ3) is 2.48. The molecule has 1 aromatic carbocycles. The number of piperidine rings is 1. The zero-order chi connectivity index (χ0) is 12.1. The highest BCUT2D eigenvalue weighted by Crippen LogP contribution is 2.34. The summed E-state index contributed by atoms with van der Waals surface area (Å²) in [5.41, 5.74) is 0.459. The van der Waals surface area contributed by atoms with E-state index in [-0.39, 0.29) is 0 Å². The molecule has 0 unspecified atom stereocenters. The highest BCUT2D eigenvalue weighted by atomic mass is 16.6. The molecule has 1 saturated heterocycles. The number of hydrogen-bond acceptors (Lipinski definition) is 3. The van der Waals surface area contributed by atoms with Crippen molar-refractivity contribution < 1.29 is 9.53 Å². The zero-order valence-electron chi connectivity index (χ0n) is 9.61. The van der Waals surface area contributed by atoms with E-state index < -0.39 is 11.6 Å². The van der Waals surface area contributed by atoms with Gasteiger partial charge in [-0.15, -0.1) is 6.42 Å². The van der Waals surface area contributed by atoms with E-state index in [1.54, 1.807) is 0 Å². The molecule has 1 aliphatic rings. The van der Waals surface area contributed by atoms with Crippen molar-refractivity contribution in [1.82, 2.24) is 5.32 Å². The van der Waals surface area contributed by atoms with Gasteiger partial charge in [-0.1, -0.05) is 30.3 Å². The van der Waals surface area contributed by atoms with Crippen molar-refractivity contribution in [3.05, 3.63) is 35.9 Å². The second kappa shape index (κ2) is 5.03. The normalized spacial score (nSPS) is 18.1. The van der Waals surface area contributed by atoms with Crippen molar-refractivity contribution in [3.63, 3.8) is 0 Å². The molecule has 88 valence electrons. The lowest BCUT2D eigenvalue weighted by molar-refractivity contribution is -0.156. The fraction of sp³-hybridized carbons (Fsp3) is 0.357. The molecule has 0 bridgehead atoms. The van der Waals surface area contributed by atoms with Crippen LogP contribution in [0.15, 0.2) is 30.3 Å². The Balaban J connectivity index is 2.30. The molecule has 0 atom stereocenters. The summed E-state index contributed by atoms with van der Waals surface area (Å²) in [6, 6.07) is 9.80. The summed E-state index contributed by atoms with van der Waals surface area (Å²) in [4.78, 5) is 11.4. The van der Waals surface area contributed by atoms with Gasteiger partial charge >= 0.3 is 5.97 Å². The van der Waals surface area contributed by atoms with E-state index in [4.69, 9.17) is 11.2 Å². The first-order chi connectivity index (χ1) is 8.27. The number of esters is 1. The summed E-state index contributed by atoms with van der Waals surface area (Å²) >= 11 is 0. The second-order valence-corrected chi connectivity index (χ2v) is 4.14. The summed E-state index contributed by atoms with van der Waals surface area (Å²) in [5, 5.41) is 3.26. The number of carbonyl (C=O) groups excluding carboxylic acids is 1. The highest BCUT2D eigenvalue weighted by molar-refractivity contribution is 5.88. The van der Waals surface area contributed by atoms with Gasteiger partial charge in [0.2, 0.25) is 0 Å². The Morgan fingerprint density at radius 3 is 2.53 bits per heavy atom. The van der Waals surface area contributed by atoms with Crippen molar-refractivity contribution in [2.75, 3.05) is 13.1 Å². The molecular weight excluding hydrogens is 214 g/mol. The number of benzene rings is 1. The average Bonchev–Trinajstić information content (AvgIpc) is 2.40. The third-order valence-electron chi connectivity index (χ3n) is 3.12. The van der Waals surface area contributed by atoms with Crippen molar-refractivity contribution in [3.8, 4) is 12.3 Å². The lowest BCUT2D eigenvalue weighted by atomic mass is 9.85. The second-order valence-electron chi connectivity index (χ2n) is 4.14. The molecule has 0 saturated carbocycles. The molecule has 17 heavy (non-hydrogen) atoms. The Hall–Kier alpha value is -1.79. The molecule has 1 fully saturated rings. The lowest BCUT2D eigenvalue weighted by Crippen LogP contribution is -2.43. The van der Waals surface area contributed by atoms with Gasteiger partial charge in [-0.2, -0.15) is 0 Å². The Kier molecular flexibility index (Phi) is 3.46. The molecule has 0 radical (unpaired) electrons. The van der Waals surface area contributed by atoms with Crippen LogP contribution in [0.3, 0.4) is 0 Å². The topological polar surface area (TPSA) is 38.3 Å². The lowest BCUT2D eigenvalue weighted by Gasteiger charge is -2.36. The van der Waals surface area contributed by atoms with Gasteiger partial charge in [-0.3, -0.25) is 0 Å². The first-order valence-corrected chi connectivity index (χ1v) is 5.73. The molecule has 0 amide bonds. The molecular formula is C14H15NO2. The molecule has 1 aliphatic heterocycles. The first-order valence-electron chi connectivity index (χ1n) is 5.73. The quantitative estimate of drug-likeness (QED) is 0.474. The summed E-state index contributed by atoms with van der Waals surface area (Å²) in [6.07, 6.45) is 6.59. The Bertz CT molecular complexity index is 427. The monoisotopic (exact) mass is 229 g/mol. The minimum absolute atomic E-state index is 0.560. The fourth-order valence-corrected chi connectivity index (χ4v) is 2.23. The van der Waals surface area contributed by atoms with Crippen molar-refractivity contribution in [1.29, 1.82) is 0 Å². The van der Waals surface area contributed by atoms with Crippen LogP contribution in [0.1, 0.15) is 18.4 Å². The van der Waals surface area contributed by atoms with E-state index >= 15 is 0 Å². The maximum Gasteiger partial charge on any atom is 0.384 e. The van der Waals surface area contributed by atoms with Crippen LogP contribution in [0.25, 0.3) is 0 Å². The molecule has 1 aromatic rings. The summed E-state index contributed by atoms with van der Waals surface area (Å²) in [5.74, 6) is 1.44. The van der Waals surface area contributed by atoms with Crippen LogP contribution in [0.4, 0.5) is 0 Å². The van der Waals surface area contributed by atoms with Gasteiger partial charge in [0.05, 0.1) is 0 Å². The molecule has 0 spiro atoms. The van der Waals surface area contributed by atoms with Gasteiger partial charge in [0.25, 0.3) is 0 Å². The Morgan fingerprint density at radius 1 is 1.29 bits per heavy atom. The molecule has 2 rings (SSSR count). The average molecular weight is 229 g/mol. The van der Waals surface area contributed by atoms with Crippen LogP contribution >= 0.6 is 0 Å². The van der Waals surface area contributed by atoms with E-state index in [1.807, 2.05) is 36.3 Å². The van der Waals surface area contributed by atoms with Crippen molar-refractivity contribution in [2.45, 2.75) is 18.4 Å². The number of nitrogens with one attached hydrogen (secondary N) is 1. The molecule has 3 heteroatoms. The van der Waals surface area contributed by atoms with Crippen LogP contribution in [0.2, 0.25) is 0 Å². The van der Waals surface area contributed by atoms with E-state index in [9.17, 15) is 4.79 Å². The summed E-state index contributed by atoms with van der Waals surface area (Å²) in [6.45, 7) is 1.65. The van der Waals surface area contributed by atoms with E-state index in [2.05, 4.69) is 5.32 Å². The summed E-state index contributed by atoms with van der Waals surface area (Å²) < 4.78 is 5.50. The van der Waals surface area contributed by atoms with E-state index in [0.717, 1.165) is 31.5 Å². The van der Waals surface area contributed by atoms with Gasteiger partial charge in [0, 0.05) is 18.8 Å². The third-order valence-corrected chi connectivity index (χ3v) is 3.12. The molecule has 0 aliphatic carbocycles. The van der Waals surface area contributed by atoms with E-state index in [1.165, 1.54) is 0 Å². The van der Waals surface area contributed by atoms with Crippen LogP contribution in [0.5, 0.6) is 0 Å². The fourth-order valence-electron chi connectivity index (χ4n) is 2.23. The van der Waals surface area contributed by atoms with Crippen molar-refractivity contribution in [2.24, 2.45) is 0 Å². The smallest absolute Gasteiger partial charge is 0.384 e. The Labute approximate surface area is 101 Å². The van der Waals surface area contributed by atoms with Crippen LogP contribution in [-0.4, -0.2) is 19.1 Å². The van der Waals surface area contributed by atoms with Crippen LogP contribution < -0.4 is 5.32 Å². The van der Waals surface area contributed by atoms with Gasteiger partial charge in [-0.25, -0.2) is 4.79 Å². The summed E-state index contributed by atoms with van der Waals surface area (Å²) in [7, 11) is 0. The van der Waals surface area contributed by atoms with Gasteiger partial charge < -0.3 is 10.1 Å². The first kappa shape index (κ1) is 11.7. The largest absolute Gasteiger partial charge is 0.444 e. The number of terminal acetylenes is 1. The van der Waals surface area contributed by atoms with Crippen LogP contribution in [-0.2, 0) is 15.1 Å². The standard InChI is InChI=1S/C14H15NO2/c1-2-13(16)17-14(8-10-15-11-9-14)12-6-4-3-5-7-12/h1,3-7,15H,8-11H2. The Morgan fingerprint density at radius 2 is 1.94 bits per heavy atom. The van der Waals surface area contributed by atoms with Gasteiger partial charge in [0.1, 0.15) is 5.60 Å². The maximum atomic E-state index is 11.4. The van der Waals surface area contributed by atoms with Crippen LogP contribution in [0, 0.1) is 12.3 Å². The predicted octanol–water partition coefficient (Wildman–Crippen LogP) is 1.44. The minimum atomic E-state index is -0.587. The maximum absolute atomic E-state index is 11.4.